The van der Waals surface area contributed by atoms with Gasteiger partial charge in [0.05, 0.1) is 19.3 Å². The van der Waals surface area contributed by atoms with Crippen molar-refractivity contribution in [1.29, 1.82) is 0 Å². The highest BCUT2D eigenvalue weighted by atomic mass is 32.2. The first-order chi connectivity index (χ1) is 17.1. The van der Waals surface area contributed by atoms with Crippen LogP contribution in [-0.4, -0.2) is 46.5 Å². The summed E-state index contributed by atoms with van der Waals surface area (Å²) in [5, 5.41) is 15.1. The van der Waals surface area contributed by atoms with Crippen LogP contribution in [0, 0.1) is 0 Å². The van der Waals surface area contributed by atoms with Gasteiger partial charge in [-0.05, 0) is 28.6 Å². The van der Waals surface area contributed by atoms with E-state index >= 15 is 0 Å². The average molecular weight is 484 g/mol. The van der Waals surface area contributed by atoms with Crippen LogP contribution in [0.3, 0.4) is 0 Å². The maximum atomic E-state index is 13.5. The summed E-state index contributed by atoms with van der Waals surface area (Å²) in [5.74, 6) is -0.887. The van der Waals surface area contributed by atoms with Crippen LogP contribution in [0.5, 0.6) is 5.75 Å². The molecule has 7 rings (SSSR count). The number of ether oxygens (including phenoxy) is 1. The first kappa shape index (κ1) is 20.6. The summed E-state index contributed by atoms with van der Waals surface area (Å²) in [6.07, 6.45) is 1.18. The molecule has 0 saturated carbocycles. The Balaban J connectivity index is 1.58. The molecule has 8 heteroatoms. The summed E-state index contributed by atoms with van der Waals surface area (Å²) in [4.78, 5) is 29.8. The molecule has 7 nitrogen and oxygen atoms in total. The zero-order valence-electron chi connectivity index (χ0n) is 18.6. The fourth-order valence-electron chi connectivity index (χ4n) is 5.55. The molecule has 4 heterocycles. The van der Waals surface area contributed by atoms with Gasteiger partial charge in [-0.2, -0.15) is 0 Å². The molecule has 0 spiro atoms. The van der Waals surface area contributed by atoms with Gasteiger partial charge in [0.1, 0.15) is 6.17 Å². The van der Waals surface area contributed by atoms with Gasteiger partial charge < -0.3 is 14.7 Å². The molecule has 174 valence electrons. The van der Waals surface area contributed by atoms with E-state index in [0.717, 1.165) is 26.8 Å². The quantitative estimate of drug-likeness (QED) is 0.445. The van der Waals surface area contributed by atoms with Crippen molar-refractivity contribution in [3.8, 4) is 5.75 Å². The summed E-state index contributed by atoms with van der Waals surface area (Å²) in [7, 11) is 0. The van der Waals surface area contributed by atoms with Crippen LogP contribution in [0.4, 0.5) is 0 Å². The molecule has 2 atom stereocenters. The van der Waals surface area contributed by atoms with Crippen LogP contribution >= 0.6 is 11.8 Å². The molecule has 0 aliphatic carbocycles. The number of carbonyl (C=O) groups is 1. The molecule has 1 aromatic heterocycles. The molecule has 4 aromatic rings. The largest absolute Gasteiger partial charge is 0.502 e. The van der Waals surface area contributed by atoms with Gasteiger partial charge in [-0.3, -0.25) is 19.3 Å². The van der Waals surface area contributed by atoms with Gasteiger partial charge in [0.25, 0.3) is 5.91 Å². The highest BCUT2D eigenvalue weighted by Crippen LogP contribution is 2.48. The summed E-state index contributed by atoms with van der Waals surface area (Å²) < 4.78 is 7.52. The van der Waals surface area contributed by atoms with Crippen molar-refractivity contribution in [3.05, 3.63) is 100.0 Å². The normalized spacial score (nSPS) is 20.7. The molecule has 2 unspecified atom stereocenters. The van der Waals surface area contributed by atoms with Crippen molar-refractivity contribution in [2.75, 3.05) is 24.8 Å². The van der Waals surface area contributed by atoms with E-state index in [1.54, 1.807) is 27.5 Å². The second kappa shape index (κ2) is 7.63. The van der Waals surface area contributed by atoms with E-state index in [-0.39, 0.29) is 17.6 Å². The van der Waals surface area contributed by atoms with Crippen LogP contribution < -0.4 is 10.4 Å². The Morgan fingerprint density at radius 3 is 2.57 bits per heavy atom. The number of hydrogen-bond donors (Lipinski definition) is 1. The van der Waals surface area contributed by atoms with Crippen molar-refractivity contribution in [2.45, 2.75) is 22.0 Å². The second-order valence-electron chi connectivity index (χ2n) is 8.90. The number of aromatic nitrogens is 1. The summed E-state index contributed by atoms with van der Waals surface area (Å²) in [5.41, 5.74) is 1.61. The second-order valence-corrected chi connectivity index (χ2v) is 9.98. The minimum atomic E-state index is -0.569. The first-order valence-electron chi connectivity index (χ1n) is 11.5. The lowest BCUT2D eigenvalue weighted by molar-refractivity contribution is -0.0197. The number of hydrogen-bond acceptors (Lipinski definition) is 6. The molecule has 35 heavy (non-hydrogen) atoms. The van der Waals surface area contributed by atoms with Crippen molar-refractivity contribution in [3.63, 3.8) is 0 Å². The fraction of sp³-hybridized carbons (Fsp3) is 0.185. The monoisotopic (exact) mass is 483 g/mol. The van der Waals surface area contributed by atoms with Gasteiger partial charge in [0, 0.05) is 34.0 Å². The predicted octanol–water partition coefficient (Wildman–Crippen LogP) is 3.71. The minimum absolute atomic E-state index is 0.00880. The fourth-order valence-corrected chi connectivity index (χ4v) is 6.71. The molecule has 1 fully saturated rings. The van der Waals surface area contributed by atoms with E-state index < -0.39 is 17.3 Å². The Hall–Kier alpha value is -3.75. The van der Waals surface area contributed by atoms with Gasteiger partial charge >= 0.3 is 0 Å². The van der Waals surface area contributed by atoms with Crippen molar-refractivity contribution < 1.29 is 14.6 Å². The van der Waals surface area contributed by atoms with E-state index in [4.69, 9.17) is 4.74 Å². The zero-order chi connectivity index (χ0) is 23.7. The zero-order valence-corrected chi connectivity index (χ0v) is 19.4. The molecule has 1 saturated heterocycles. The van der Waals surface area contributed by atoms with Gasteiger partial charge in [-0.15, -0.1) is 0 Å². The van der Waals surface area contributed by atoms with Crippen LogP contribution in [-0.2, 0) is 4.74 Å². The average Bonchev–Trinajstić information content (AvgIpc) is 3.02. The Labute approximate surface area is 205 Å². The third-order valence-electron chi connectivity index (χ3n) is 7.07. The maximum Gasteiger partial charge on any atom is 0.278 e. The number of amides is 1. The lowest BCUT2D eigenvalue weighted by Crippen LogP contribution is -2.66. The Morgan fingerprint density at radius 2 is 1.69 bits per heavy atom. The van der Waals surface area contributed by atoms with Gasteiger partial charge in [-0.1, -0.05) is 60.3 Å². The SMILES string of the molecule is O=C1c2c(O)c(=O)ccn2N(C2c3ccccc3Sc3cccc4cccc2c34)C2COCCN12. The van der Waals surface area contributed by atoms with Gasteiger partial charge in [-0.25, -0.2) is 0 Å². The van der Waals surface area contributed by atoms with Crippen LogP contribution in [0.1, 0.15) is 27.7 Å². The Kier molecular flexibility index (Phi) is 4.49. The van der Waals surface area contributed by atoms with Crippen LogP contribution in [0.25, 0.3) is 10.8 Å². The highest BCUT2D eigenvalue weighted by Gasteiger charge is 2.45. The Morgan fingerprint density at radius 1 is 0.914 bits per heavy atom. The maximum absolute atomic E-state index is 13.5. The number of benzene rings is 3. The number of aromatic hydroxyl groups is 1. The van der Waals surface area contributed by atoms with E-state index in [1.165, 1.54) is 11.0 Å². The Bertz CT molecular complexity index is 1580. The molecule has 0 radical (unpaired) electrons. The van der Waals surface area contributed by atoms with E-state index in [2.05, 4.69) is 53.5 Å². The highest BCUT2D eigenvalue weighted by molar-refractivity contribution is 7.99. The van der Waals surface area contributed by atoms with Crippen molar-refractivity contribution >= 4 is 28.4 Å². The summed E-state index contributed by atoms with van der Waals surface area (Å²) in [6.45, 7) is 1.11. The third kappa shape index (κ3) is 2.90. The minimum Gasteiger partial charge on any atom is -0.502 e. The lowest BCUT2D eigenvalue weighted by Gasteiger charge is -2.51. The summed E-state index contributed by atoms with van der Waals surface area (Å²) >= 11 is 1.73. The van der Waals surface area contributed by atoms with Crippen molar-refractivity contribution in [1.82, 2.24) is 9.58 Å². The number of morpholine rings is 1. The standard InChI is InChI=1S/C27H21N3O4S/c31-19-11-12-29-25(26(19)32)27(33)28-13-14-34-15-22(28)30(29)24-17-7-1-2-9-20(17)35-21-10-4-6-16-5-3-8-18(24)23(16)21/h1-12,22,24,32H,13-15H2. The number of rotatable bonds is 1. The van der Waals surface area contributed by atoms with Crippen molar-refractivity contribution in [2.24, 2.45) is 0 Å². The topological polar surface area (TPSA) is 75.0 Å². The number of pyridine rings is 1. The predicted molar refractivity (Wildman–Crippen MR) is 133 cm³/mol. The first-order valence-corrected chi connectivity index (χ1v) is 12.4. The molecule has 1 amide bonds. The third-order valence-corrected chi connectivity index (χ3v) is 8.22. The number of carbonyl (C=O) groups excluding carboxylic acids is 1. The van der Waals surface area contributed by atoms with Gasteiger partial charge in [0.15, 0.2) is 11.4 Å². The molecule has 3 aromatic carbocycles. The van der Waals surface area contributed by atoms with E-state index in [0.29, 0.717) is 19.8 Å². The number of nitrogens with zero attached hydrogens (tertiary/aromatic N) is 3. The molecule has 3 aliphatic heterocycles. The van der Waals surface area contributed by atoms with Crippen LogP contribution in [0.15, 0.2) is 87.5 Å². The summed E-state index contributed by atoms with van der Waals surface area (Å²) in [6, 6.07) is 21.9. The molecular formula is C27H21N3O4S. The molecule has 0 bridgehead atoms. The number of fused-ring (bicyclic) bond motifs is 3. The molecule has 3 aliphatic rings. The van der Waals surface area contributed by atoms with E-state index in [1.807, 2.05) is 12.1 Å². The lowest BCUT2D eigenvalue weighted by atomic mass is 9.92. The van der Waals surface area contributed by atoms with E-state index in [9.17, 15) is 14.7 Å². The molecular weight excluding hydrogens is 462 g/mol. The smallest absolute Gasteiger partial charge is 0.278 e. The molecule has 1 N–H and O–H groups in total. The van der Waals surface area contributed by atoms with Crippen LogP contribution in [0.2, 0.25) is 0 Å². The van der Waals surface area contributed by atoms with Gasteiger partial charge in [0.2, 0.25) is 5.43 Å².